The predicted octanol–water partition coefficient (Wildman–Crippen LogP) is 3.25. The van der Waals surface area contributed by atoms with Crippen molar-refractivity contribution in [2.45, 2.75) is 62.5 Å². The Hall–Kier alpha value is -2.22. The molecule has 1 saturated carbocycles. The molecule has 4 N–H and O–H groups in total. The third-order valence-corrected chi connectivity index (χ3v) is 9.04. The molecule has 2 aliphatic rings. The molecule has 0 bridgehead atoms. The maximum Gasteiger partial charge on any atom is 0.416 e. The summed E-state index contributed by atoms with van der Waals surface area (Å²) in [6.45, 7) is 5.03. The van der Waals surface area contributed by atoms with Crippen molar-refractivity contribution in [1.82, 2.24) is 9.62 Å². The fraction of sp³-hybridized carbons (Fsp3) is 0.571. The van der Waals surface area contributed by atoms with Crippen LogP contribution in [0.15, 0.2) is 47.4 Å². The molecule has 1 fully saturated rings. The fourth-order valence-electron chi connectivity index (χ4n) is 5.46. The van der Waals surface area contributed by atoms with E-state index in [9.17, 15) is 36.9 Å². The number of sulfonamides is 1. The molecule has 12 heteroatoms. The molecule has 0 aromatic heterocycles. The van der Waals surface area contributed by atoms with Crippen LogP contribution in [-0.4, -0.2) is 79.7 Å². The van der Waals surface area contributed by atoms with Gasteiger partial charge in [0.1, 0.15) is 10.6 Å². The second-order valence-electron chi connectivity index (χ2n) is 11.5. The zero-order chi connectivity index (χ0) is 29.3. The summed E-state index contributed by atoms with van der Waals surface area (Å²) in [5, 5.41) is 31.6. The van der Waals surface area contributed by atoms with Gasteiger partial charge in [0.05, 0.1) is 30.5 Å². The highest BCUT2D eigenvalue weighted by atomic mass is 32.2. The molecule has 0 radical (unpaired) electrons. The second-order valence-corrected chi connectivity index (χ2v) is 13.2. The lowest BCUT2D eigenvalue weighted by Gasteiger charge is -2.37. The number of aliphatic hydroxyl groups excluding tert-OH is 3. The average Bonchev–Trinajstić information content (AvgIpc) is 3.16. The van der Waals surface area contributed by atoms with E-state index in [1.165, 1.54) is 30.3 Å². The molecule has 1 spiro atoms. The minimum atomic E-state index is -4.55. The lowest BCUT2D eigenvalue weighted by atomic mass is 9.85. The van der Waals surface area contributed by atoms with Gasteiger partial charge in [0.15, 0.2) is 0 Å². The van der Waals surface area contributed by atoms with E-state index in [1.54, 1.807) is 0 Å². The van der Waals surface area contributed by atoms with Gasteiger partial charge in [-0.1, -0.05) is 32.0 Å². The number of hydrogen-bond acceptors (Lipinski definition) is 7. The Balaban J connectivity index is 1.75. The van der Waals surface area contributed by atoms with Crippen molar-refractivity contribution < 1.29 is 41.6 Å². The summed E-state index contributed by atoms with van der Waals surface area (Å²) >= 11 is 0. The van der Waals surface area contributed by atoms with Crippen LogP contribution >= 0.6 is 0 Å². The first-order chi connectivity index (χ1) is 18.7. The highest BCUT2D eigenvalue weighted by Crippen LogP contribution is 2.42. The van der Waals surface area contributed by atoms with Crippen LogP contribution < -0.4 is 9.46 Å². The van der Waals surface area contributed by atoms with Crippen molar-refractivity contribution in [2.75, 3.05) is 32.8 Å². The Labute approximate surface area is 232 Å². The first-order valence-electron chi connectivity index (χ1n) is 13.4. The van der Waals surface area contributed by atoms with E-state index in [2.05, 4.69) is 18.6 Å². The average molecular weight is 587 g/mol. The van der Waals surface area contributed by atoms with E-state index in [4.69, 9.17) is 4.74 Å². The van der Waals surface area contributed by atoms with Gasteiger partial charge < -0.3 is 25.0 Å². The monoisotopic (exact) mass is 586 g/mol. The van der Waals surface area contributed by atoms with Gasteiger partial charge in [0, 0.05) is 25.0 Å². The van der Waals surface area contributed by atoms with Crippen molar-refractivity contribution in [3.05, 3.63) is 48.0 Å². The van der Waals surface area contributed by atoms with Crippen LogP contribution in [0.5, 0.6) is 5.75 Å². The van der Waals surface area contributed by atoms with Gasteiger partial charge in [-0.05, 0) is 67.1 Å². The highest BCUT2D eigenvalue weighted by molar-refractivity contribution is 7.89. The second kappa shape index (κ2) is 11.9. The number of halogens is 3. The fourth-order valence-corrected chi connectivity index (χ4v) is 6.66. The van der Waals surface area contributed by atoms with Crippen molar-refractivity contribution in [2.24, 2.45) is 11.3 Å². The number of β-amino-alcohol motifs (C(OH)–C–C–N with tert-alkyl or cyclic N) is 1. The molecule has 0 saturated heterocycles. The molecule has 1 aliphatic carbocycles. The molecule has 40 heavy (non-hydrogen) atoms. The number of fused-ring (bicyclic) bond motifs is 1. The van der Waals surface area contributed by atoms with Crippen molar-refractivity contribution >= 4 is 10.0 Å². The molecule has 4 rings (SSSR count). The topological polar surface area (TPSA) is 119 Å². The Kier molecular flexibility index (Phi) is 9.18. The predicted molar refractivity (Wildman–Crippen MR) is 143 cm³/mol. The van der Waals surface area contributed by atoms with E-state index < -0.39 is 45.5 Å². The van der Waals surface area contributed by atoms with E-state index in [0.717, 1.165) is 18.6 Å². The third-order valence-electron chi connectivity index (χ3n) is 7.58. The van der Waals surface area contributed by atoms with Crippen LogP contribution in [0, 0.1) is 11.3 Å². The molecular formula is C28H37F3N2O6S. The minimum Gasteiger partial charge on any atom is -0.492 e. The van der Waals surface area contributed by atoms with Crippen LogP contribution in [-0.2, 0) is 16.2 Å². The van der Waals surface area contributed by atoms with Crippen LogP contribution in [0.3, 0.4) is 0 Å². The van der Waals surface area contributed by atoms with Gasteiger partial charge in [-0.3, -0.25) is 0 Å². The van der Waals surface area contributed by atoms with Crippen molar-refractivity contribution in [3.8, 4) is 16.9 Å². The molecule has 1 aliphatic heterocycles. The highest BCUT2D eigenvalue weighted by Gasteiger charge is 2.46. The Morgan fingerprint density at radius 1 is 1.07 bits per heavy atom. The van der Waals surface area contributed by atoms with E-state index in [1.807, 2.05) is 4.90 Å². The third kappa shape index (κ3) is 7.34. The molecule has 2 aromatic carbocycles. The van der Waals surface area contributed by atoms with E-state index >= 15 is 0 Å². The first kappa shape index (κ1) is 30.7. The van der Waals surface area contributed by atoms with Crippen molar-refractivity contribution in [3.63, 3.8) is 0 Å². The number of hydrogen-bond donors (Lipinski definition) is 4. The lowest BCUT2D eigenvalue weighted by molar-refractivity contribution is -0.137. The maximum absolute atomic E-state index is 13.3. The van der Waals surface area contributed by atoms with Gasteiger partial charge >= 0.3 is 6.18 Å². The van der Waals surface area contributed by atoms with Gasteiger partial charge in [-0.25, -0.2) is 13.1 Å². The number of nitrogens with one attached hydrogen (secondary N) is 1. The number of aliphatic hydroxyl groups is 3. The molecule has 1 unspecified atom stereocenters. The summed E-state index contributed by atoms with van der Waals surface area (Å²) in [7, 11) is -4.16. The zero-order valence-corrected chi connectivity index (χ0v) is 23.4. The van der Waals surface area contributed by atoms with E-state index in [0.29, 0.717) is 24.6 Å². The van der Waals surface area contributed by atoms with Gasteiger partial charge in [0.25, 0.3) is 0 Å². The molecule has 8 nitrogen and oxygen atoms in total. The zero-order valence-electron chi connectivity index (χ0n) is 22.6. The number of alkyl halides is 3. The maximum atomic E-state index is 13.3. The van der Waals surface area contributed by atoms with Crippen LogP contribution in [0.25, 0.3) is 11.1 Å². The Morgan fingerprint density at radius 3 is 2.40 bits per heavy atom. The Bertz CT molecular complexity index is 1280. The number of nitrogens with zero attached hydrogens (tertiary/aromatic N) is 1. The number of ether oxygens (including phenoxy) is 1. The SMILES string of the molecule is CC(C)CCN1C[C@@H](O)CNS(=O)(=O)c2ccc(-c3cccc(C(F)(F)F)c3)cc2OCC2(C[C@@H](O)[C@@H](O)C2)C1. The summed E-state index contributed by atoms with van der Waals surface area (Å²) in [6, 6.07) is 8.78. The van der Waals surface area contributed by atoms with Gasteiger partial charge in [-0.15, -0.1) is 0 Å². The standard InChI is InChI=1S/C28H37F3N2O6S/c1-18(2)8-9-33-15-22(34)14-32-40(37,38)26-7-6-20(19-4-3-5-21(10-19)28(29,30)31)11-25(26)39-17-27(16-33)12-23(35)24(36)13-27/h3-7,10-11,18,22-24,32,34-36H,8-9,12-17H2,1-2H3/t22-,23-,24+,27?/m0/s1. The molecule has 1 heterocycles. The number of benzene rings is 2. The Morgan fingerprint density at radius 2 is 1.75 bits per heavy atom. The van der Waals surface area contributed by atoms with Crippen LogP contribution in [0.4, 0.5) is 13.2 Å². The molecule has 222 valence electrons. The summed E-state index contributed by atoms with van der Waals surface area (Å²) in [5.41, 5.74) is -1.04. The molecule has 4 atom stereocenters. The molecular weight excluding hydrogens is 549 g/mol. The first-order valence-corrected chi connectivity index (χ1v) is 14.9. The van der Waals surface area contributed by atoms with Crippen LogP contribution in [0.2, 0.25) is 0 Å². The summed E-state index contributed by atoms with van der Waals surface area (Å²) in [4.78, 5) is 1.79. The summed E-state index contributed by atoms with van der Waals surface area (Å²) in [6.07, 6.45) is -6.32. The lowest BCUT2D eigenvalue weighted by Crippen LogP contribution is -2.47. The molecule has 2 aromatic rings. The quantitative estimate of drug-likeness (QED) is 0.434. The van der Waals surface area contributed by atoms with E-state index in [-0.39, 0.29) is 48.7 Å². The normalized spacial score (nSPS) is 28.1. The summed E-state index contributed by atoms with van der Waals surface area (Å²) < 4.78 is 75.1. The van der Waals surface area contributed by atoms with Crippen molar-refractivity contribution in [1.29, 1.82) is 0 Å². The van der Waals surface area contributed by atoms with Crippen LogP contribution in [0.1, 0.15) is 38.7 Å². The summed E-state index contributed by atoms with van der Waals surface area (Å²) in [5.74, 6) is 0.312. The largest absolute Gasteiger partial charge is 0.492 e. The smallest absolute Gasteiger partial charge is 0.416 e. The number of rotatable bonds is 4. The molecule has 0 amide bonds. The van der Waals surface area contributed by atoms with Gasteiger partial charge in [0.2, 0.25) is 10.0 Å². The minimum absolute atomic E-state index is 0.0516. The van der Waals surface area contributed by atoms with Gasteiger partial charge in [-0.2, -0.15) is 13.2 Å².